The zero-order valence-corrected chi connectivity index (χ0v) is 9.71. The summed E-state index contributed by atoms with van der Waals surface area (Å²) in [5.74, 6) is -1.11. The first-order chi connectivity index (χ1) is 8.06. The third-order valence-corrected chi connectivity index (χ3v) is 2.26. The molecule has 1 amide bonds. The highest BCUT2D eigenvalue weighted by molar-refractivity contribution is 5.96. The molecule has 0 saturated carbocycles. The van der Waals surface area contributed by atoms with Gasteiger partial charge in [0.2, 0.25) is 0 Å². The van der Waals surface area contributed by atoms with Crippen molar-refractivity contribution in [1.82, 2.24) is 5.32 Å². The minimum absolute atomic E-state index is 0.419. The minimum Gasteiger partial charge on any atom is -0.467 e. The number of nitrogens with one attached hydrogen (secondary N) is 1. The van der Waals surface area contributed by atoms with Crippen molar-refractivity contribution in [2.24, 2.45) is 0 Å². The number of esters is 1. The van der Waals surface area contributed by atoms with Crippen LogP contribution < -0.4 is 5.32 Å². The molecule has 0 bridgehead atoms. The number of aliphatic hydroxyl groups is 1. The summed E-state index contributed by atoms with van der Waals surface area (Å²) in [6.45, 7) is 1.41. The number of methoxy groups -OCH3 is 1. The van der Waals surface area contributed by atoms with Gasteiger partial charge in [-0.1, -0.05) is 18.2 Å². The highest BCUT2D eigenvalue weighted by Gasteiger charge is 2.26. The molecule has 92 valence electrons. The van der Waals surface area contributed by atoms with Crippen molar-refractivity contribution < 1.29 is 19.4 Å². The second-order valence-corrected chi connectivity index (χ2v) is 3.58. The van der Waals surface area contributed by atoms with E-state index >= 15 is 0 Å². The number of carbonyl (C=O) groups excluding carboxylic acids is 2. The summed E-state index contributed by atoms with van der Waals surface area (Å²) < 4.78 is 4.50. The Morgan fingerprint density at radius 3 is 2.35 bits per heavy atom. The monoisotopic (exact) mass is 237 g/mol. The standard InChI is InChI=1S/C12H15NO4/c1-8(14)10(12(16)17-2)13-11(15)9-6-4-3-5-7-9/h3-8,10,14H,1-2H3,(H,13,15)/t8-,10-/m1/s1. The highest BCUT2D eigenvalue weighted by atomic mass is 16.5. The summed E-state index contributed by atoms with van der Waals surface area (Å²) in [7, 11) is 1.20. The third kappa shape index (κ3) is 3.57. The van der Waals surface area contributed by atoms with Crippen LogP contribution >= 0.6 is 0 Å². The topological polar surface area (TPSA) is 75.6 Å². The molecule has 0 saturated heterocycles. The number of amides is 1. The van der Waals surface area contributed by atoms with E-state index in [0.29, 0.717) is 5.56 Å². The van der Waals surface area contributed by atoms with Crippen LogP contribution in [0.3, 0.4) is 0 Å². The highest BCUT2D eigenvalue weighted by Crippen LogP contribution is 2.02. The van der Waals surface area contributed by atoms with E-state index in [1.807, 2.05) is 0 Å². The smallest absolute Gasteiger partial charge is 0.331 e. The van der Waals surface area contributed by atoms with Gasteiger partial charge >= 0.3 is 5.97 Å². The van der Waals surface area contributed by atoms with Gasteiger partial charge in [0, 0.05) is 5.56 Å². The molecular weight excluding hydrogens is 222 g/mol. The van der Waals surface area contributed by atoms with Gasteiger partial charge < -0.3 is 15.2 Å². The maximum atomic E-state index is 11.7. The van der Waals surface area contributed by atoms with E-state index in [1.54, 1.807) is 30.3 Å². The first-order valence-corrected chi connectivity index (χ1v) is 5.18. The van der Waals surface area contributed by atoms with Crippen LogP contribution in [-0.2, 0) is 9.53 Å². The molecule has 0 radical (unpaired) electrons. The quantitative estimate of drug-likeness (QED) is 0.740. The Kier molecular flexibility index (Phi) is 4.66. The number of carbonyl (C=O) groups is 2. The fourth-order valence-corrected chi connectivity index (χ4v) is 1.32. The van der Waals surface area contributed by atoms with Crippen LogP contribution in [0.25, 0.3) is 0 Å². The molecule has 2 N–H and O–H groups in total. The molecule has 17 heavy (non-hydrogen) atoms. The number of hydrogen-bond acceptors (Lipinski definition) is 4. The molecule has 0 aliphatic heterocycles. The molecule has 2 atom stereocenters. The van der Waals surface area contributed by atoms with Crippen LogP contribution in [0.1, 0.15) is 17.3 Å². The molecule has 5 heteroatoms. The molecule has 0 unspecified atom stereocenters. The number of ether oxygens (including phenoxy) is 1. The maximum absolute atomic E-state index is 11.7. The normalized spacial score (nSPS) is 13.6. The zero-order chi connectivity index (χ0) is 12.8. The summed E-state index contributed by atoms with van der Waals surface area (Å²) in [5, 5.41) is 11.8. The Bertz CT molecular complexity index is 389. The van der Waals surface area contributed by atoms with E-state index in [-0.39, 0.29) is 0 Å². The number of benzene rings is 1. The molecule has 0 spiro atoms. The average Bonchev–Trinajstić information content (AvgIpc) is 2.35. The largest absolute Gasteiger partial charge is 0.467 e. The Balaban J connectivity index is 2.75. The molecule has 0 aromatic heterocycles. The summed E-state index contributed by atoms with van der Waals surface area (Å²) >= 11 is 0. The summed E-state index contributed by atoms with van der Waals surface area (Å²) in [5.41, 5.74) is 0.419. The number of hydrogen-bond donors (Lipinski definition) is 2. The molecule has 0 aliphatic rings. The van der Waals surface area contributed by atoms with Crippen LogP contribution in [0.5, 0.6) is 0 Å². The lowest BCUT2D eigenvalue weighted by Crippen LogP contribution is -2.48. The average molecular weight is 237 g/mol. The first kappa shape index (κ1) is 13.2. The SMILES string of the molecule is COC(=O)[C@H](NC(=O)c1ccccc1)[C@@H](C)O. The Labute approximate surface area is 99.4 Å². The lowest BCUT2D eigenvalue weighted by Gasteiger charge is -2.18. The van der Waals surface area contributed by atoms with Crippen molar-refractivity contribution in [2.45, 2.75) is 19.1 Å². The predicted molar refractivity (Wildman–Crippen MR) is 61.4 cm³/mol. The molecule has 0 heterocycles. The van der Waals surface area contributed by atoms with Crippen molar-refractivity contribution in [3.05, 3.63) is 35.9 Å². The van der Waals surface area contributed by atoms with Gasteiger partial charge in [0.1, 0.15) is 0 Å². The molecule has 5 nitrogen and oxygen atoms in total. The van der Waals surface area contributed by atoms with E-state index in [2.05, 4.69) is 10.1 Å². The fourth-order valence-electron chi connectivity index (χ4n) is 1.32. The van der Waals surface area contributed by atoms with E-state index in [1.165, 1.54) is 14.0 Å². The van der Waals surface area contributed by atoms with Gasteiger partial charge in [0.25, 0.3) is 5.91 Å². The summed E-state index contributed by atoms with van der Waals surface area (Å²) in [4.78, 5) is 23.1. The van der Waals surface area contributed by atoms with Crippen molar-refractivity contribution in [1.29, 1.82) is 0 Å². The molecule has 0 aliphatic carbocycles. The van der Waals surface area contributed by atoms with E-state index in [9.17, 15) is 14.7 Å². The van der Waals surface area contributed by atoms with Gasteiger partial charge in [-0.15, -0.1) is 0 Å². The van der Waals surface area contributed by atoms with Crippen LogP contribution in [0, 0.1) is 0 Å². The lowest BCUT2D eigenvalue weighted by molar-refractivity contribution is -0.145. The van der Waals surface area contributed by atoms with E-state index in [4.69, 9.17) is 0 Å². The van der Waals surface area contributed by atoms with Gasteiger partial charge in [-0.25, -0.2) is 4.79 Å². The fraction of sp³-hybridized carbons (Fsp3) is 0.333. The molecule has 1 rings (SSSR count). The zero-order valence-electron chi connectivity index (χ0n) is 9.71. The van der Waals surface area contributed by atoms with E-state index in [0.717, 1.165) is 0 Å². The van der Waals surface area contributed by atoms with Gasteiger partial charge in [-0.3, -0.25) is 4.79 Å². The Morgan fingerprint density at radius 1 is 1.29 bits per heavy atom. The van der Waals surface area contributed by atoms with Crippen molar-refractivity contribution in [2.75, 3.05) is 7.11 Å². The van der Waals surface area contributed by atoms with Crippen LogP contribution in [0.2, 0.25) is 0 Å². The number of aliphatic hydroxyl groups excluding tert-OH is 1. The van der Waals surface area contributed by atoms with Gasteiger partial charge in [-0.05, 0) is 19.1 Å². The second-order valence-electron chi connectivity index (χ2n) is 3.58. The lowest BCUT2D eigenvalue weighted by atomic mass is 10.1. The molecular formula is C12H15NO4. The first-order valence-electron chi connectivity index (χ1n) is 5.18. The molecule has 1 aromatic carbocycles. The van der Waals surface area contributed by atoms with Crippen LogP contribution in [0.15, 0.2) is 30.3 Å². The maximum Gasteiger partial charge on any atom is 0.331 e. The Morgan fingerprint density at radius 2 is 1.88 bits per heavy atom. The predicted octanol–water partition coefficient (Wildman–Crippen LogP) is 0.339. The summed E-state index contributed by atoms with van der Waals surface area (Å²) in [6, 6.07) is 7.38. The summed E-state index contributed by atoms with van der Waals surface area (Å²) in [6.07, 6.45) is -1.02. The van der Waals surface area contributed by atoms with Crippen molar-refractivity contribution >= 4 is 11.9 Å². The second kappa shape index (κ2) is 6.00. The van der Waals surface area contributed by atoms with E-state index < -0.39 is 24.0 Å². The Hall–Kier alpha value is -1.88. The van der Waals surface area contributed by atoms with Crippen molar-refractivity contribution in [3.63, 3.8) is 0 Å². The molecule has 0 fully saturated rings. The van der Waals surface area contributed by atoms with Gasteiger partial charge in [0.05, 0.1) is 13.2 Å². The minimum atomic E-state index is -1.06. The van der Waals surface area contributed by atoms with Crippen LogP contribution in [-0.4, -0.2) is 36.2 Å². The van der Waals surface area contributed by atoms with Crippen LogP contribution in [0.4, 0.5) is 0 Å². The number of rotatable bonds is 4. The van der Waals surface area contributed by atoms with Gasteiger partial charge in [0.15, 0.2) is 6.04 Å². The third-order valence-electron chi connectivity index (χ3n) is 2.26. The van der Waals surface area contributed by atoms with Gasteiger partial charge in [-0.2, -0.15) is 0 Å². The molecule has 1 aromatic rings. The van der Waals surface area contributed by atoms with Crippen molar-refractivity contribution in [3.8, 4) is 0 Å².